The molecule has 0 radical (unpaired) electrons. The summed E-state index contributed by atoms with van der Waals surface area (Å²) in [7, 11) is 1.89. The first kappa shape index (κ1) is 15.1. The Balaban J connectivity index is 2.28. The molecule has 0 spiro atoms. The van der Waals surface area contributed by atoms with Crippen LogP contribution in [0.1, 0.15) is 30.6 Å². The second-order valence-corrected chi connectivity index (χ2v) is 5.85. The largest absolute Gasteiger partial charge is 0.483 e. The van der Waals surface area contributed by atoms with Gasteiger partial charge in [0.1, 0.15) is 11.9 Å². The first-order chi connectivity index (χ1) is 9.51. The molecule has 1 aromatic carbocycles. The predicted molar refractivity (Wildman–Crippen MR) is 83.7 cm³/mol. The Morgan fingerprint density at radius 1 is 1.45 bits per heavy atom. The van der Waals surface area contributed by atoms with Crippen LogP contribution in [-0.2, 0) is 7.05 Å². The highest BCUT2D eigenvalue weighted by Gasteiger charge is 2.22. The molecule has 0 aliphatic carbocycles. The van der Waals surface area contributed by atoms with Gasteiger partial charge in [-0.3, -0.25) is 4.68 Å². The maximum atomic E-state index is 6.21. The van der Waals surface area contributed by atoms with Crippen molar-refractivity contribution in [1.29, 1.82) is 0 Å². The van der Waals surface area contributed by atoms with Crippen LogP contribution in [0.25, 0.3) is 0 Å². The topological polar surface area (TPSA) is 53.1 Å². The minimum atomic E-state index is -0.201. The van der Waals surface area contributed by atoms with E-state index in [1.807, 2.05) is 44.6 Å². The summed E-state index contributed by atoms with van der Waals surface area (Å²) in [5.41, 5.74) is 8.39. The molecule has 0 fully saturated rings. The fraction of sp³-hybridized carbons (Fsp3) is 0.400. The van der Waals surface area contributed by atoms with Gasteiger partial charge in [0.05, 0.1) is 10.7 Å². The summed E-state index contributed by atoms with van der Waals surface area (Å²) in [5, 5.41) is 4.20. The van der Waals surface area contributed by atoms with Crippen molar-refractivity contribution in [3.05, 3.63) is 46.2 Å². The normalized spacial score (nSPS) is 14.1. The van der Waals surface area contributed by atoms with Gasteiger partial charge in [-0.2, -0.15) is 5.10 Å². The monoisotopic (exact) mass is 337 g/mol. The first-order valence-corrected chi connectivity index (χ1v) is 7.47. The summed E-state index contributed by atoms with van der Waals surface area (Å²) in [6, 6.07) is 5.95. The van der Waals surface area contributed by atoms with Crippen LogP contribution < -0.4 is 10.5 Å². The lowest BCUT2D eigenvalue weighted by molar-refractivity contribution is 0.170. The van der Waals surface area contributed by atoms with Crippen LogP contribution in [0.2, 0.25) is 0 Å². The average Bonchev–Trinajstić information content (AvgIpc) is 2.83. The van der Waals surface area contributed by atoms with Gasteiger partial charge >= 0.3 is 0 Å². The number of benzene rings is 1. The van der Waals surface area contributed by atoms with Crippen molar-refractivity contribution in [2.75, 3.05) is 0 Å². The second-order valence-electron chi connectivity index (χ2n) is 4.99. The predicted octanol–water partition coefficient (Wildman–Crippen LogP) is 3.35. The van der Waals surface area contributed by atoms with Crippen LogP contribution in [0.15, 0.2) is 35.1 Å². The SMILES string of the molecule is CCC(N)C(Oc1ccc(C)cc1Br)c1cnn(C)c1. The van der Waals surface area contributed by atoms with Gasteiger partial charge in [-0.15, -0.1) is 0 Å². The Morgan fingerprint density at radius 3 is 2.75 bits per heavy atom. The summed E-state index contributed by atoms with van der Waals surface area (Å²) in [5.74, 6) is 0.799. The van der Waals surface area contributed by atoms with E-state index in [0.29, 0.717) is 0 Å². The molecular formula is C15H20BrN3O. The van der Waals surface area contributed by atoms with Gasteiger partial charge in [0, 0.05) is 24.8 Å². The molecule has 4 nitrogen and oxygen atoms in total. The Bertz CT molecular complexity index is 582. The summed E-state index contributed by atoms with van der Waals surface area (Å²) in [6.45, 7) is 4.10. The van der Waals surface area contributed by atoms with Crippen LogP contribution in [0, 0.1) is 6.92 Å². The fourth-order valence-electron chi connectivity index (χ4n) is 2.04. The van der Waals surface area contributed by atoms with Gasteiger partial charge < -0.3 is 10.5 Å². The quantitative estimate of drug-likeness (QED) is 0.910. The molecule has 0 aliphatic heterocycles. The van der Waals surface area contributed by atoms with Crippen LogP contribution in [0.3, 0.4) is 0 Å². The Labute approximate surface area is 128 Å². The van der Waals surface area contributed by atoms with Gasteiger partial charge in [0.2, 0.25) is 0 Å². The highest BCUT2D eigenvalue weighted by atomic mass is 79.9. The molecule has 20 heavy (non-hydrogen) atoms. The lowest BCUT2D eigenvalue weighted by Gasteiger charge is -2.24. The van der Waals surface area contributed by atoms with E-state index in [4.69, 9.17) is 10.5 Å². The average molecular weight is 338 g/mol. The number of nitrogens with zero attached hydrogens (tertiary/aromatic N) is 2. The maximum absolute atomic E-state index is 6.21. The molecular weight excluding hydrogens is 318 g/mol. The summed E-state index contributed by atoms with van der Waals surface area (Å²) in [4.78, 5) is 0. The van der Waals surface area contributed by atoms with Gasteiger partial charge in [-0.25, -0.2) is 0 Å². The minimum absolute atomic E-state index is 0.0765. The molecule has 1 heterocycles. The summed E-state index contributed by atoms with van der Waals surface area (Å²) < 4.78 is 8.83. The van der Waals surface area contributed by atoms with Crippen LogP contribution in [-0.4, -0.2) is 15.8 Å². The molecule has 108 valence electrons. The lowest BCUT2D eigenvalue weighted by atomic mass is 10.0. The summed E-state index contributed by atoms with van der Waals surface area (Å²) >= 11 is 3.54. The number of ether oxygens (including phenoxy) is 1. The molecule has 0 bridgehead atoms. The van der Waals surface area contributed by atoms with E-state index in [2.05, 4.69) is 28.0 Å². The minimum Gasteiger partial charge on any atom is -0.483 e. The smallest absolute Gasteiger partial charge is 0.142 e. The highest BCUT2D eigenvalue weighted by Crippen LogP contribution is 2.31. The molecule has 5 heteroatoms. The molecule has 2 atom stereocenters. The van der Waals surface area contributed by atoms with Crippen LogP contribution in [0.5, 0.6) is 5.75 Å². The van der Waals surface area contributed by atoms with E-state index in [1.54, 1.807) is 4.68 Å². The zero-order valence-corrected chi connectivity index (χ0v) is 13.6. The van der Waals surface area contributed by atoms with Crippen LogP contribution >= 0.6 is 15.9 Å². The first-order valence-electron chi connectivity index (χ1n) is 6.68. The molecule has 2 N–H and O–H groups in total. The molecule has 0 amide bonds. The zero-order chi connectivity index (χ0) is 14.7. The third-order valence-corrected chi connectivity index (χ3v) is 3.87. The van der Waals surface area contributed by atoms with E-state index in [1.165, 1.54) is 5.56 Å². The molecule has 0 aliphatic rings. The Hall–Kier alpha value is -1.33. The van der Waals surface area contributed by atoms with Gasteiger partial charge in [-0.1, -0.05) is 13.0 Å². The number of nitrogens with two attached hydrogens (primary N) is 1. The Morgan fingerprint density at radius 2 is 2.20 bits per heavy atom. The van der Waals surface area contributed by atoms with Crippen molar-refractivity contribution in [2.24, 2.45) is 12.8 Å². The molecule has 0 saturated carbocycles. The number of halogens is 1. The van der Waals surface area contributed by atoms with E-state index in [9.17, 15) is 0 Å². The van der Waals surface area contributed by atoms with Crippen molar-refractivity contribution >= 4 is 15.9 Å². The van der Waals surface area contributed by atoms with E-state index < -0.39 is 0 Å². The molecule has 2 aromatic rings. The third-order valence-electron chi connectivity index (χ3n) is 3.25. The highest BCUT2D eigenvalue weighted by molar-refractivity contribution is 9.10. The summed E-state index contributed by atoms with van der Waals surface area (Å²) in [6.07, 6.45) is 4.39. The van der Waals surface area contributed by atoms with Gasteiger partial charge in [-0.05, 0) is 47.0 Å². The number of aromatic nitrogens is 2. The van der Waals surface area contributed by atoms with Crippen LogP contribution in [0.4, 0.5) is 0 Å². The number of rotatable bonds is 5. The van der Waals surface area contributed by atoms with E-state index in [0.717, 1.165) is 22.2 Å². The zero-order valence-electron chi connectivity index (χ0n) is 12.0. The van der Waals surface area contributed by atoms with E-state index in [-0.39, 0.29) is 12.1 Å². The van der Waals surface area contributed by atoms with Crippen molar-refractivity contribution in [3.63, 3.8) is 0 Å². The van der Waals surface area contributed by atoms with Crippen molar-refractivity contribution in [2.45, 2.75) is 32.4 Å². The van der Waals surface area contributed by atoms with Gasteiger partial charge in [0.15, 0.2) is 0 Å². The second kappa shape index (κ2) is 6.41. The molecule has 1 aromatic heterocycles. The molecule has 2 rings (SSSR count). The van der Waals surface area contributed by atoms with Crippen molar-refractivity contribution in [3.8, 4) is 5.75 Å². The fourth-order valence-corrected chi connectivity index (χ4v) is 2.63. The lowest BCUT2D eigenvalue weighted by Crippen LogP contribution is -2.31. The number of hydrogen-bond donors (Lipinski definition) is 1. The molecule has 0 saturated heterocycles. The Kier molecular flexibility index (Phi) is 4.83. The maximum Gasteiger partial charge on any atom is 0.142 e. The van der Waals surface area contributed by atoms with E-state index >= 15 is 0 Å². The standard InChI is InChI=1S/C15H20BrN3O/c1-4-13(17)15(11-8-18-19(3)9-11)20-14-6-5-10(2)7-12(14)16/h5-9,13,15H,4,17H2,1-3H3. The van der Waals surface area contributed by atoms with Gasteiger partial charge in [0.25, 0.3) is 0 Å². The molecule has 2 unspecified atom stereocenters. The number of aryl methyl sites for hydroxylation is 2. The van der Waals surface area contributed by atoms with Crippen molar-refractivity contribution < 1.29 is 4.74 Å². The third kappa shape index (κ3) is 3.41. The van der Waals surface area contributed by atoms with Crippen molar-refractivity contribution in [1.82, 2.24) is 9.78 Å². The number of hydrogen-bond acceptors (Lipinski definition) is 3.